The Morgan fingerprint density at radius 3 is 3.00 bits per heavy atom. The van der Waals surface area contributed by atoms with Crippen molar-refractivity contribution in [3.63, 3.8) is 0 Å². The summed E-state index contributed by atoms with van der Waals surface area (Å²) in [7, 11) is 0. The van der Waals surface area contributed by atoms with E-state index in [9.17, 15) is 4.79 Å². The van der Waals surface area contributed by atoms with Crippen molar-refractivity contribution in [1.29, 1.82) is 0 Å². The molecule has 1 heterocycles. The van der Waals surface area contributed by atoms with Crippen LogP contribution in [0.2, 0.25) is 0 Å². The Balaban J connectivity index is 2.29. The third-order valence-corrected chi connectivity index (χ3v) is 2.56. The van der Waals surface area contributed by atoms with Gasteiger partial charge in [-0.2, -0.15) is 0 Å². The van der Waals surface area contributed by atoms with Gasteiger partial charge in [-0.25, -0.2) is 0 Å². The summed E-state index contributed by atoms with van der Waals surface area (Å²) >= 11 is 0. The summed E-state index contributed by atoms with van der Waals surface area (Å²) < 4.78 is 0. The third-order valence-electron chi connectivity index (χ3n) is 2.56. The summed E-state index contributed by atoms with van der Waals surface area (Å²) in [5.74, 6) is -0.0543. The van der Waals surface area contributed by atoms with Crippen LogP contribution in [0.5, 0.6) is 0 Å². The van der Waals surface area contributed by atoms with Gasteiger partial charge in [-0.05, 0) is 18.6 Å². The Bertz CT molecular complexity index is 426. The van der Waals surface area contributed by atoms with Crippen molar-refractivity contribution in [1.82, 2.24) is 5.32 Å². The van der Waals surface area contributed by atoms with E-state index in [-0.39, 0.29) is 11.9 Å². The molecule has 0 fully saturated rings. The number of hydrogen-bond donors (Lipinski definition) is 2. The van der Waals surface area contributed by atoms with Crippen LogP contribution >= 0.6 is 0 Å². The lowest BCUT2D eigenvalue weighted by Crippen LogP contribution is -2.20. The van der Waals surface area contributed by atoms with Crippen molar-refractivity contribution in [2.45, 2.75) is 19.4 Å². The van der Waals surface area contributed by atoms with Gasteiger partial charge in [0.15, 0.2) is 0 Å². The van der Waals surface area contributed by atoms with Crippen molar-refractivity contribution < 1.29 is 10.0 Å². The number of oxime groups is 1. The first-order chi connectivity index (χ1) is 7.22. The Kier molecular flexibility index (Phi) is 2.41. The topological polar surface area (TPSA) is 61.7 Å². The van der Waals surface area contributed by atoms with E-state index in [1.807, 2.05) is 18.2 Å². The number of rotatable bonds is 2. The number of amides is 1. The predicted octanol–water partition coefficient (Wildman–Crippen LogP) is 1.71. The van der Waals surface area contributed by atoms with E-state index < -0.39 is 0 Å². The fraction of sp³-hybridized carbons (Fsp3) is 0.273. The highest BCUT2D eigenvalue weighted by molar-refractivity contribution is 6.00. The van der Waals surface area contributed by atoms with E-state index in [1.54, 1.807) is 13.0 Å². The van der Waals surface area contributed by atoms with Gasteiger partial charge in [0.2, 0.25) is 0 Å². The lowest BCUT2D eigenvalue weighted by molar-refractivity contribution is 0.0957. The number of carbonyl (C=O) groups is 1. The summed E-state index contributed by atoms with van der Waals surface area (Å²) in [4.78, 5) is 11.5. The molecule has 2 rings (SSSR count). The Morgan fingerprint density at radius 2 is 2.27 bits per heavy atom. The van der Waals surface area contributed by atoms with Gasteiger partial charge in [0.25, 0.3) is 5.91 Å². The zero-order chi connectivity index (χ0) is 10.8. The predicted molar refractivity (Wildman–Crippen MR) is 56.2 cm³/mol. The van der Waals surface area contributed by atoms with E-state index in [0.717, 1.165) is 5.56 Å². The minimum absolute atomic E-state index is 0.0543. The Labute approximate surface area is 87.6 Å². The highest BCUT2D eigenvalue weighted by atomic mass is 16.4. The quantitative estimate of drug-likeness (QED) is 0.437. The van der Waals surface area contributed by atoms with Gasteiger partial charge in [-0.3, -0.25) is 4.79 Å². The normalized spacial score (nSPS) is 19.9. The first-order valence-corrected chi connectivity index (χ1v) is 4.79. The summed E-state index contributed by atoms with van der Waals surface area (Å²) in [6, 6.07) is 7.40. The van der Waals surface area contributed by atoms with Crippen LogP contribution in [0.1, 0.15) is 35.3 Å². The third kappa shape index (κ3) is 1.70. The minimum Gasteiger partial charge on any atom is -0.411 e. The molecule has 15 heavy (non-hydrogen) atoms. The lowest BCUT2D eigenvalue weighted by atomic mass is 10.0. The van der Waals surface area contributed by atoms with Crippen molar-refractivity contribution in [2.75, 3.05) is 0 Å². The summed E-state index contributed by atoms with van der Waals surface area (Å²) in [5, 5.41) is 14.6. The van der Waals surface area contributed by atoms with Crippen LogP contribution in [0.15, 0.2) is 29.4 Å². The van der Waals surface area contributed by atoms with Crippen LogP contribution < -0.4 is 5.32 Å². The standard InChI is InChI=1S/C11H12N2O2/c1-7(13-15)6-10-8-4-2-3-5-9(8)11(14)12-10/h2-5,10,15H,6H2,1H3,(H,12,14). The zero-order valence-electron chi connectivity index (χ0n) is 8.40. The second-order valence-electron chi connectivity index (χ2n) is 3.65. The number of hydrogen-bond acceptors (Lipinski definition) is 3. The van der Waals surface area contributed by atoms with Crippen molar-refractivity contribution in [3.05, 3.63) is 35.4 Å². The van der Waals surface area contributed by atoms with Crippen LogP contribution in [-0.4, -0.2) is 16.8 Å². The molecule has 1 aliphatic rings. The smallest absolute Gasteiger partial charge is 0.252 e. The molecule has 0 saturated carbocycles. The van der Waals surface area contributed by atoms with E-state index in [2.05, 4.69) is 10.5 Å². The lowest BCUT2D eigenvalue weighted by Gasteiger charge is -2.09. The molecule has 0 spiro atoms. The monoisotopic (exact) mass is 204 g/mol. The van der Waals surface area contributed by atoms with E-state index in [0.29, 0.717) is 17.7 Å². The van der Waals surface area contributed by atoms with Crippen LogP contribution in [0.3, 0.4) is 0 Å². The number of fused-ring (bicyclic) bond motifs is 1. The molecular weight excluding hydrogens is 192 g/mol. The van der Waals surface area contributed by atoms with E-state index in [4.69, 9.17) is 5.21 Å². The SMILES string of the molecule is CC(CC1NC(=O)c2ccccc21)=NO. The second-order valence-corrected chi connectivity index (χ2v) is 3.65. The average molecular weight is 204 g/mol. The zero-order valence-corrected chi connectivity index (χ0v) is 8.40. The molecule has 0 aliphatic carbocycles. The van der Waals surface area contributed by atoms with Gasteiger partial charge in [-0.15, -0.1) is 0 Å². The maximum absolute atomic E-state index is 11.5. The van der Waals surface area contributed by atoms with Crippen LogP contribution in [0.4, 0.5) is 0 Å². The maximum Gasteiger partial charge on any atom is 0.252 e. The summed E-state index contributed by atoms with van der Waals surface area (Å²) in [6.07, 6.45) is 0.541. The van der Waals surface area contributed by atoms with Crippen LogP contribution in [-0.2, 0) is 0 Å². The second kappa shape index (κ2) is 3.73. The molecule has 4 heteroatoms. The number of nitrogens with zero attached hydrogens (tertiary/aromatic N) is 1. The van der Waals surface area contributed by atoms with Crippen molar-refractivity contribution in [3.8, 4) is 0 Å². The molecule has 1 atom stereocenters. The first kappa shape index (κ1) is 9.71. The molecule has 1 unspecified atom stereocenters. The highest BCUT2D eigenvalue weighted by Crippen LogP contribution is 2.27. The molecule has 2 N–H and O–H groups in total. The fourth-order valence-corrected chi connectivity index (χ4v) is 1.82. The van der Waals surface area contributed by atoms with E-state index in [1.165, 1.54) is 0 Å². The minimum atomic E-state index is -0.0652. The molecule has 1 amide bonds. The molecule has 1 aliphatic heterocycles. The number of benzene rings is 1. The molecule has 0 saturated heterocycles. The maximum atomic E-state index is 11.5. The molecule has 0 bridgehead atoms. The van der Waals surface area contributed by atoms with Crippen molar-refractivity contribution in [2.24, 2.45) is 5.16 Å². The number of carbonyl (C=O) groups excluding carboxylic acids is 1. The molecule has 1 aromatic carbocycles. The summed E-state index contributed by atoms with van der Waals surface area (Å²) in [5.41, 5.74) is 2.30. The average Bonchev–Trinajstić information content (AvgIpc) is 2.57. The largest absolute Gasteiger partial charge is 0.411 e. The summed E-state index contributed by atoms with van der Waals surface area (Å²) in [6.45, 7) is 1.73. The van der Waals surface area contributed by atoms with Crippen LogP contribution in [0.25, 0.3) is 0 Å². The van der Waals surface area contributed by atoms with Gasteiger partial charge in [0.05, 0.1) is 11.8 Å². The number of nitrogens with one attached hydrogen (secondary N) is 1. The highest BCUT2D eigenvalue weighted by Gasteiger charge is 2.27. The Hall–Kier alpha value is -1.84. The molecule has 4 nitrogen and oxygen atoms in total. The van der Waals surface area contributed by atoms with Gasteiger partial charge in [0, 0.05) is 12.0 Å². The molecule has 1 aromatic rings. The van der Waals surface area contributed by atoms with Gasteiger partial charge >= 0.3 is 0 Å². The van der Waals surface area contributed by atoms with E-state index >= 15 is 0 Å². The van der Waals surface area contributed by atoms with Crippen LogP contribution in [0, 0.1) is 0 Å². The molecule has 78 valence electrons. The molecule has 0 radical (unpaired) electrons. The first-order valence-electron chi connectivity index (χ1n) is 4.79. The molecule has 0 aromatic heterocycles. The van der Waals surface area contributed by atoms with Gasteiger partial charge < -0.3 is 10.5 Å². The Morgan fingerprint density at radius 1 is 1.53 bits per heavy atom. The molecular formula is C11H12N2O2. The fourth-order valence-electron chi connectivity index (χ4n) is 1.82. The van der Waals surface area contributed by atoms with Gasteiger partial charge in [-0.1, -0.05) is 23.4 Å². The van der Waals surface area contributed by atoms with Gasteiger partial charge in [0.1, 0.15) is 0 Å². The van der Waals surface area contributed by atoms with Crippen molar-refractivity contribution >= 4 is 11.6 Å².